The second-order valence-electron chi connectivity index (χ2n) is 7.28. The highest BCUT2D eigenvalue weighted by Crippen LogP contribution is 2.41. The van der Waals surface area contributed by atoms with Crippen molar-refractivity contribution in [2.75, 3.05) is 17.2 Å². The van der Waals surface area contributed by atoms with Gasteiger partial charge in [-0.05, 0) is 16.0 Å². The van der Waals surface area contributed by atoms with Gasteiger partial charge in [0.2, 0.25) is 5.16 Å². The molecule has 4 heterocycles. The van der Waals surface area contributed by atoms with E-state index in [2.05, 4.69) is 25.8 Å². The molecule has 14 nitrogen and oxygen atoms in total. The zero-order chi connectivity index (χ0) is 25.3. The number of thioether (sulfide) groups is 2. The van der Waals surface area contributed by atoms with Crippen molar-refractivity contribution in [1.82, 2.24) is 35.4 Å². The summed E-state index contributed by atoms with van der Waals surface area (Å²) in [5, 5.41) is 34.1. The normalized spacial score (nSPS) is 19.9. The third kappa shape index (κ3) is 5.01. The molecule has 2 aliphatic rings. The van der Waals surface area contributed by atoms with Crippen molar-refractivity contribution in [2.45, 2.75) is 23.0 Å². The van der Waals surface area contributed by atoms with Crippen LogP contribution in [0.2, 0.25) is 0 Å². The quantitative estimate of drug-likeness (QED) is 0.183. The standard InChI is InChI=1S/C18H18N8O6S3/c1-25-18(22-23-24-25)35-5-7-4-33-15-11(14(30)26(15)12(7)16(31)32)21-13(29)8(2-3-10(27)28)9-6-34-17(19)20-9/h2,6,11,15H,3-5H2,1H3,(H2,19,20)(H,21,29)(H,27,28)(H,31,32)/t11?,15-/m1/s1. The molecular weight excluding hydrogens is 520 g/mol. The van der Waals surface area contributed by atoms with Gasteiger partial charge in [-0.1, -0.05) is 17.8 Å². The molecule has 2 aromatic rings. The number of carboxylic acids is 2. The minimum absolute atomic E-state index is 0.0317. The molecule has 1 fully saturated rings. The molecule has 2 aliphatic heterocycles. The summed E-state index contributed by atoms with van der Waals surface area (Å²) in [6.07, 6.45) is 0.761. The van der Waals surface area contributed by atoms with E-state index in [0.717, 1.165) is 16.2 Å². The summed E-state index contributed by atoms with van der Waals surface area (Å²) in [5.41, 5.74) is 6.20. The highest BCUT2D eigenvalue weighted by atomic mass is 32.2. The number of nitrogens with zero attached hydrogens (tertiary/aromatic N) is 6. The van der Waals surface area contributed by atoms with E-state index in [1.165, 1.54) is 39.7 Å². The van der Waals surface area contributed by atoms with Gasteiger partial charge in [0, 0.05) is 23.9 Å². The summed E-state index contributed by atoms with van der Waals surface area (Å²) in [6, 6.07) is -0.983. The van der Waals surface area contributed by atoms with Crippen LogP contribution in [0.4, 0.5) is 5.13 Å². The number of amides is 2. The smallest absolute Gasteiger partial charge is 0.352 e. The van der Waals surface area contributed by atoms with Gasteiger partial charge in [0.05, 0.1) is 17.7 Å². The average molecular weight is 539 g/mol. The highest BCUT2D eigenvalue weighted by Gasteiger charge is 2.54. The Morgan fingerprint density at radius 1 is 1.37 bits per heavy atom. The number of anilines is 1. The SMILES string of the molecule is Cn1nnnc1SCC1=C(C(=O)O)N2C(=O)C(NC(=O)C(=CCC(=O)O)c3csc(N)n3)[C@H]2SC1. The second-order valence-corrected chi connectivity index (χ2v) is 10.2. The number of nitrogen functional groups attached to an aromatic ring is 1. The molecule has 2 amide bonds. The van der Waals surface area contributed by atoms with Crippen molar-refractivity contribution >= 4 is 69.3 Å². The van der Waals surface area contributed by atoms with Gasteiger partial charge >= 0.3 is 11.9 Å². The van der Waals surface area contributed by atoms with Gasteiger partial charge in [0.15, 0.2) is 5.13 Å². The van der Waals surface area contributed by atoms with Crippen molar-refractivity contribution in [1.29, 1.82) is 0 Å². The number of aryl methyl sites for hydroxylation is 1. The van der Waals surface area contributed by atoms with Gasteiger partial charge in [-0.2, -0.15) is 0 Å². The number of carbonyl (C=O) groups is 4. The van der Waals surface area contributed by atoms with Crippen LogP contribution in [0.25, 0.3) is 5.57 Å². The van der Waals surface area contributed by atoms with E-state index in [0.29, 0.717) is 16.5 Å². The summed E-state index contributed by atoms with van der Waals surface area (Å²) in [7, 11) is 1.66. The van der Waals surface area contributed by atoms with E-state index in [1.54, 1.807) is 7.05 Å². The molecule has 0 aliphatic carbocycles. The minimum atomic E-state index is -1.25. The van der Waals surface area contributed by atoms with Crippen molar-refractivity contribution in [3.05, 3.63) is 28.4 Å². The monoisotopic (exact) mass is 538 g/mol. The van der Waals surface area contributed by atoms with Crippen molar-refractivity contribution in [3.63, 3.8) is 0 Å². The molecule has 2 aromatic heterocycles. The second kappa shape index (κ2) is 10.0. The molecular formula is C18H18N8O6S3. The molecule has 0 spiro atoms. The molecule has 35 heavy (non-hydrogen) atoms. The van der Waals surface area contributed by atoms with E-state index in [4.69, 9.17) is 10.8 Å². The lowest BCUT2D eigenvalue weighted by molar-refractivity contribution is -0.150. The Morgan fingerprint density at radius 3 is 2.74 bits per heavy atom. The van der Waals surface area contributed by atoms with Crippen molar-refractivity contribution in [2.24, 2.45) is 7.05 Å². The Morgan fingerprint density at radius 2 is 2.14 bits per heavy atom. The van der Waals surface area contributed by atoms with Crippen molar-refractivity contribution < 1.29 is 29.4 Å². The molecule has 1 saturated heterocycles. The largest absolute Gasteiger partial charge is 0.481 e. The van der Waals surface area contributed by atoms with Gasteiger partial charge in [-0.3, -0.25) is 19.3 Å². The molecule has 2 atom stereocenters. The number of tetrazole rings is 1. The first-order chi connectivity index (χ1) is 16.7. The van der Waals surface area contributed by atoms with Gasteiger partial charge in [0.1, 0.15) is 17.1 Å². The Bertz CT molecular complexity index is 1270. The maximum absolute atomic E-state index is 13.0. The Hall–Kier alpha value is -3.44. The van der Waals surface area contributed by atoms with Crippen LogP contribution in [-0.2, 0) is 26.2 Å². The number of aromatic nitrogens is 5. The lowest BCUT2D eigenvalue weighted by Crippen LogP contribution is -2.70. The number of carbonyl (C=O) groups excluding carboxylic acids is 2. The van der Waals surface area contributed by atoms with Gasteiger partial charge < -0.3 is 21.3 Å². The van der Waals surface area contributed by atoms with Crippen molar-refractivity contribution in [3.8, 4) is 0 Å². The fourth-order valence-electron chi connectivity index (χ4n) is 3.42. The number of aliphatic carboxylic acids is 2. The summed E-state index contributed by atoms with van der Waals surface area (Å²) in [4.78, 5) is 54.1. The molecule has 1 unspecified atom stereocenters. The number of hydrogen-bond acceptors (Lipinski definition) is 12. The maximum atomic E-state index is 13.0. The maximum Gasteiger partial charge on any atom is 0.352 e. The number of nitrogens with two attached hydrogens (primary N) is 1. The summed E-state index contributed by atoms with van der Waals surface area (Å²) in [6.45, 7) is 0. The Labute approximate surface area is 209 Å². The van der Waals surface area contributed by atoms with Crippen LogP contribution < -0.4 is 11.1 Å². The topological polar surface area (TPSA) is 207 Å². The molecule has 0 saturated carbocycles. The molecule has 5 N–H and O–H groups in total. The molecule has 4 rings (SSSR count). The van der Waals surface area contributed by atoms with Crippen LogP contribution in [0, 0.1) is 0 Å². The first-order valence-corrected chi connectivity index (χ1v) is 12.8. The zero-order valence-corrected chi connectivity index (χ0v) is 20.4. The van der Waals surface area contributed by atoms with E-state index < -0.39 is 41.6 Å². The average Bonchev–Trinajstić information content (AvgIpc) is 3.42. The van der Waals surface area contributed by atoms with E-state index >= 15 is 0 Å². The van der Waals surface area contributed by atoms with Crippen LogP contribution in [-0.4, -0.2) is 87.0 Å². The zero-order valence-electron chi connectivity index (χ0n) is 17.9. The van der Waals surface area contributed by atoms with Crippen LogP contribution in [0.3, 0.4) is 0 Å². The summed E-state index contributed by atoms with van der Waals surface area (Å²) < 4.78 is 1.45. The number of fused-ring (bicyclic) bond motifs is 1. The summed E-state index contributed by atoms with van der Waals surface area (Å²) in [5.74, 6) is -3.08. The van der Waals surface area contributed by atoms with E-state index in [-0.39, 0.29) is 27.8 Å². The number of nitrogens with one attached hydrogen (secondary N) is 1. The number of β-lactam (4-membered cyclic amide) rings is 1. The third-order valence-electron chi connectivity index (χ3n) is 5.02. The summed E-state index contributed by atoms with van der Waals surface area (Å²) >= 11 is 3.65. The van der Waals surface area contributed by atoms with Crippen LogP contribution >= 0.6 is 34.9 Å². The van der Waals surface area contributed by atoms with Gasteiger partial charge in [-0.25, -0.2) is 14.5 Å². The molecule has 0 radical (unpaired) electrons. The number of carboxylic acid groups (broad SMARTS) is 2. The fourth-order valence-corrected chi connectivity index (χ4v) is 6.32. The van der Waals surface area contributed by atoms with Crippen LogP contribution in [0.15, 0.2) is 27.9 Å². The van der Waals surface area contributed by atoms with Crippen LogP contribution in [0.1, 0.15) is 12.1 Å². The lowest BCUT2D eigenvalue weighted by Gasteiger charge is -2.49. The predicted octanol–water partition coefficient (Wildman–Crippen LogP) is -0.362. The number of thiazole rings is 1. The number of rotatable bonds is 9. The third-order valence-corrected chi connectivity index (χ3v) is 8.13. The van der Waals surface area contributed by atoms with Gasteiger partial charge in [-0.15, -0.1) is 28.2 Å². The predicted molar refractivity (Wildman–Crippen MR) is 126 cm³/mol. The lowest BCUT2D eigenvalue weighted by atomic mass is 10.0. The Balaban J connectivity index is 1.50. The first kappa shape index (κ1) is 24.7. The highest BCUT2D eigenvalue weighted by molar-refractivity contribution is 8.01. The van der Waals surface area contributed by atoms with E-state index in [9.17, 15) is 24.3 Å². The molecule has 0 aromatic carbocycles. The molecule has 17 heteroatoms. The molecule has 184 valence electrons. The first-order valence-electron chi connectivity index (χ1n) is 9.86. The number of hydrogen-bond donors (Lipinski definition) is 4. The van der Waals surface area contributed by atoms with Gasteiger partial charge in [0.25, 0.3) is 11.8 Å². The van der Waals surface area contributed by atoms with E-state index in [1.807, 2.05) is 0 Å². The minimum Gasteiger partial charge on any atom is -0.481 e. The molecule has 0 bridgehead atoms. The fraction of sp³-hybridized carbons (Fsp3) is 0.333. The van der Waals surface area contributed by atoms with Crippen LogP contribution in [0.5, 0.6) is 0 Å². The Kier molecular flexibility index (Phi) is 7.08.